The topological polar surface area (TPSA) is 30.7 Å². The molecule has 0 aliphatic heterocycles. The van der Waals surface area contributed by atoms with Gasteiger partial charge in [0, 0.05) is 0 Å². The van der Waals surface area contributed by atoms with Crippen LogP contribution in [0.3, 0.4) is 0 Å². The molecule has 0 aliphatic carbocycles. The van der Waals surface area contributed by atoms with Gasteiger partial charge in [0.2, 0.25) is 0 Å². The number of likely N-dealkylation sites (N-methyl/N-ethyl adjacent to an activating group) is 1. The van der Waals surface area contributed by atoms with Gasteiger partial charge in [-0.1, -0.05) is 6.92 Å². The molecule has 78 valence electrons. The van der Waals surface area contributed by atoms with Gasteiger partial charge in [0.25, 0.3) is 0 Å². The zero-order valence-electron chi connectivity index (χ0n) is 9.44. The molecule has 0 saturated heterocycles. The molecule has 0 amide bonds. The number of quaternary nitrogens is 1. The molecule has 0 aromatic heterocycles. The lowest BCUT2D eigenvalue weighted by Crippen LogP contribution is -3.06. The maximum Gasteiger partial charge on any atom is 0.311 e. The van der Waals surface area contributed by atoms with E-state index in [-0.39, 0.29) is 11.4 Å². The number of nitrogens with one attached hydrogen (secondary N) is 1. The van der Waals surface area contributed by atoms with Gasteiger partial charge in [0.1, 0.15) is 13.2 Å². The maximum atomic E-state index is 11.4. The Balaban J connectivity index is 3.75. The summed E-state index contributed by atoms with van der Waals surface area (Å²) >= 11 is 0. The van der Waals surface area contributed by atoms with Crippen molar-refractivity contribution in [2.24, 2.45) is 5.41 Å². The third kappa shape index (κ3) is 4.88. The average molecular weight is 188 g/mol. The van der Waals surface area contributed by atoms with E-state index in [9.17, 15) is 4.79 Å². The fourth-order valence-electron chi connectivity index (χ4n) is 0.688. The molecular weight excluding hydrogens is 166 g/mol. The number of rotatable bonds is 5. The molecule has 1 N–H and O–H groups in total. The van der Waals surface area contributed by atoms with E-state index in [2.05, 4.69) is 0 Å². The van der Waals surface area contributed by atoms with E-state index in [1.807, 2.05) is 34.9 Å². The zero-order valence-corrected chi connectivity index (χ0v) is 9.44. The Labute approximate surface area is 81.1 Å². The van der Waals surface area contributed by atoms with Crippen molar-refractivity contribution in [3.63, 3.8) is 0 Å². The largest absolute Gasteiger partial charge is 0.459 e. The molecule has 0 heterocycles. The summed E-state index contributed by atoms with van der Waals surface area (Å²) in [6, 6.07) is 0. The van der Waals surface area contributed by atoms with Crippen molar-refractivity contribution < 1.29 is 14.4 Å². The summed E-state index contributed by atoms with van der Waals surface area (Å²) in [5.74, 6) is -0.0868. The van der Waals surface area contributed by atoms with E-state index in [4.69, 9.17) is 4.74 Å². The fraction of sp³-hybridized carbons (Fsp3) is 0.900. The maximum absolute atomic E-state index is 11.4. The van der Waals surface area contributed by atoms with Gasteiger partial charge in [-0.05, 0) is 20.3 Å². The minimum absolute atomic E-state index is 0.0868. The minimum Gasteiger partial charge on any atom is -0.459 e. The van der Waals surface area contributed by atoms with Crippen molar-refractivity contribution in [3.05, 3.63) is 0 Å². The molecular formula is C10H22NO2+. The van der Waals surface area contributed by atoms with E-state index < -0.39 is 0 Å². The highest BCUT2D eigenvalue weighted by molar-refractivity contribution is 5.75. The summed E-state index contributed by atoms with van der Waals surface area (Å²) in [6.07, 6.45) is 0.820. The molecule has 0 rings (SSSR count). The molecule has 0 aromatic rings. The second-order valence-electron chi connectivity index (χ2n) is 4.33. The van der Waals surface area contributed by atoms with Crippen LogP contribution in [0.4, 0.5) is 0 Å². The van der Waals surface area contributed by atoms with Crippen LogP contribution < -0.4 is 4.90 Å². The van der Waals surface area contributed by atoms with E-state index in [1.165, 1.54) is 4.90 Å². The molecule has 3 heteroatoms. The quantitative estimate of drug-likeness (QED) is 0.621. The van der Waals surface area contributed by atoms with E-state index in [0.29, 0.717) is 6.61 Å². The van der Waals surface area contributed by atoms with Gasteiger partial charge in [-0.15, -0.1) is 0 Å². The van der Waals surface area contributed by atoms with Crippen molar-refractivity contribution in [2.45, 2.75) is 27.2 Å². The van der Waals surface area contributed by atoms with Crippen molar-refractivity contribution >= 4 is 5.97 Å². The van der Waals surface area contributed by atoms with Crippen LogP contribution >= 0.6 is 0 Å². The first-order valence-electron chi connectivity index (χ1n) is 4.86. The third-order valence-corrected chi connectivity index (χ3v) is 2.27. The van der Waals surface area contributed by atoms with Crippen molar-refractivity contribution in [1.82, 2.24) is 0 Å². The molecule has 0 radical (unpaired) electrons. The molecule has 0 fully saturated rings. The zero-order chi connectivity index (χ0) is 10.5. The number of hydrogen-bond donors (Lipinski definition) is 1. The molecule has 0 saturated carbocycles. The predicted octanol–water partition coefficient (Wildman–Crippen LogP) is 0.110. The molecule has 3 nitrogen and oxygen atoms in total. The van der Waals surface area contributed by atoms with E-state index in [1.54, 1.807) is 0 Å². The van der Waals surface area contributed by atoms with E-state index in [0.717, 1.165) is 13.0 Å². The van der Waals surface area contributed by atoms with Crippen molar-refractivity contribution in [2.75, 3.05) is 27.2 Å². The summed E-state index contributed by atoms with van der Waals surface area (Å²) in [7, 11) is 4.08. The number of esters is 1. The van der Waals surface area contributed by atoms with Gasteiger partial charge >= 0.3 is 5.97 Å². The Hall–Kier alpha value is -0.570. The molecule has 0 aromatic carbocycles. The first kappa shape index (κ1) is 12.4. The number of carbonyl (C=O) groups excluding carboxylic acids is 1. The molecule has 0 unspecified atom stereocenters. The highest BCUT2D eigenvalue weighted by Crippen LogP contribution is 2.20. The smallest absolute Gasteiger partial charge is 0.311 e. The Morgan fingerprint density at radius 2 is 1.92 bits per heavy atom. The van der Waals surface area contributed by atoms with Gasteiger partial charge in [-0.25, -0.2) is 0 Å². The first-order chi connectivity index (χ1) is 5.90. The lowest BCUT2D eigenvalue weighted by atomic mass is 9.91. The SMILES string of the molecule is CCC(C)(C)C(=O)OCC[NH+](C)C. The van der Waals surface area contributed by atoms with Crippen LogP contribution in [0.1, 0.15) is 27.2 Å². The summed E-state index contributed by atoms with van der Waals surface area (Å²) in [5, 5.41) is 0. The minimum atomic E-state index is -0.332. The van der Waals surface area contributed by atoms with Crippen LogP contribution in [-0.4, -0.2) is 33.2 Å². The van der Waals surface area contributed by atoms with Crippen LogP contribution in [0.25, 0.3) is 0 Å². The average Bonchev–Trinajstić information content (AvgIpc) is 2.03. The standard InChI is InChI=1S/C10H21NO2/c1-6-10(2,3)9(12)13-8-7-11(4)5/h6-8H2,1-5H3/p+1. The van der Waals surface area contributed by atoms with Crippen molar-refractivity contribution in [1.29, 1.82) is 0 Å². The van der Waals surface area contributed by atoms with Crippen molar-refractivity contribution in [3.8, 4) is 0 Å². The second kappa shape index (κ2) is 5.22. The van der Waals surface area contributed by atoms with Gasteiger partial charge in [-0.2, -0.15) is 0 Å². The summed E-state index contributed by atoms with van der Waals surface area (Å²) in [4.78, 5) is 12.7. The normalized spacial score (nSPS) is 11.8. The summed E-state index contributed by atoms with van der Waals surface area (Å²) < 4.78 is 5.15. The lowest BCUT2D eigenvalue weighted by molar-refractivity contribution is -0.858. The molecule has 0 atom stereocenters. The van der Waals surface area contributed by atoms with Crippen LogP contribution in [0.15, 0.2) is 0 Å². The van der Waals surface area contributed by atoms with Gasteiger partial charge in [0.05, 0.1) is 19.5 Å². The van der Waals surface area contributed by atoms with Crippen LogP contribution in [0, 0.1) is 5.41 Å². The highest BCUT2D eigenvalue weighted by Gasteiger charge is 2.26. The number of ether oxygens (including phenoxy) is 1. The van der Waals surface area contributed by atoms with Crippen LogP contribution in [0.5, 0.6) is 0 Å². The lowest BCUT2D eigenvalue weighted by Gasteiger charge is -2.20. The fourth-order valence-corrected chi connectivity index (χ4v) is 0.688. The highest BCUT2D eigenvalue weighted by atomic mass is 16.5. The number of carbonyl (C=O) groups is 1. The van der Waals surface area contributed by atoms with Crippen LogP contribution in [-0.2, 0) is 9.53 Å². The predicted molar refractivity (Wildman–Crippen MR) is 52.7 cm³/mol. The molecule has 0 bridgehead atoms. The van der Waals surface area contributed by atoms with Crippen LogP contribution in [0.2, 0.25) is 0 Å². The van der Waals surface area contributed by atoms with Gasteiger partial charge in [0.15, 0.2) is 0 Å². The second-order valence-corrected chi connectivity index (χ2v) is 4.33. The summed E-state index contributed by atoms with van der Waals surface area (Å²) in [6.45, 7) is 7.21. The Morgan fingerprint density at radius 3 is 2.31 bits per heavy atom. The van der Waals surface area contributed by atoms with Gasteiger partial charge in [-0.3, -0.25) is 4.79 Å². The first-order valence-corrected chi connectivity index (χ1v) is 4.86. The monoisotopic (exact) mass is 188 g/mol. The van der Waals surface area contributed by atoms with Gasteiger partial charge < -0.3 is 9.64 Å². The Morgan fingerprint density at radius 1 is 1.38 bits per heavy atom. The molecule has 0 spiro atoms. The molecule has 13 heavy (non-hydrogen) atoms. The third-order valence-electron chi connectivity index (χ3n) is 2.27. The number of hydrogen-bond acceptors (Lipinski definition) is 2. The molecule has 0 aliphatic rings. The Bertz CT molecular complexity index is 164. The summed E-state index contributed by atoms with van der Waals surface area (Å²) in [5.41, 5.74) is -0.332. The van der Waals surface area contributed by atoms with E-state index >= 15 is 0 Å². The Kier molecular flexibility index (Phi) is 4.99.